The van der Waals surface area contributed by atoms with Gasteiger partial charge >= 0.3 is 5.69 Å². The number of nitrogen functional groups attached to an aromatic ring is 1. The molecule has 0 saturated carbocycles. The summed E-state index contributed by atoms with van der Waals surface area (Å²) < 4.78 is 28.5. The number of halogens is 1. The topological polar surface area (TPSA) is 119 Å². The van der Waals surface area contributed by atoms with Crippen LogP contribution in [0.5, 0.6) is 5.75 Å². The summed E-state index contributed by atoms with van der Waals surface area (Å²) in [5, 5.41) is 3.37. The minimum absolute atomic E-state index is 0.160. The fourth-order valence-corrected chi connectivity index (χ4v) is 5.39. The first-order valence-electron chi connectivity index (χ1n) is 13.0. The second-order valence-corrected chi connectivity index (χ2v) is 9.74. The number of nitrogens with two attached hydrogens (primary N) is 1. The van der Waals surface area contributed by atoms with E-state index in [4.69, 9.17) is 14.9 Å². The van der Waals surface area contributed by atoms with Crippen molar-refractivity contribution in [1.29, 1.82) is 0 Å². The Hall–Kier alpha value is -4.32. The fraction of sp³-hybridized carbons (Fsp3) is 0.370. The third kappa shape index (κ3) is 4.50. The molecule has 0 bridgehead atoms. The molecule has 0 atom stereocenters. The number of anilines is 3. The van der Waals surface area contributed by atoms with Gasteiger partial charge in [0.25, 0.3) is 0 Å². The van der Waals surface area contributed by atoms with E-state index in [1.807, 2.05) is 11.0 Å². The van der Waals surface area contributed by atoms with Crippen molar-refractivity contribution in [3.63, 3.8) is 0 Å². The van der Waals surface area contributed by atoms with Crippen LogP contribution < -0.4 is 26.4 Å². The molecule has 204 valence electrons. The molecule has 0 radical (unpaired) electrons. The zero-order valence-corrected chi connectivity index (χ0v) is 22.0. The Bertz CT molecular complexity index is 1600. The van der Waals surface area contributed by atoms with E-state index in [1.54, 1.807) is 40.6 Å². The molecule has 11 nitrogen and oxygen atoms in total. The second kappa shape index (κ2) is 10.1. The van der Waals surface area contributed by atoms with E-state index in [9.17, 15) is 9.18 Å². The van der Waals surface area contributed by atoms with Crippen molar-refractivity contribution in [2.45, 2.75) is 13.0 Å². The summed E-state index contributed by atoms with van der Waals surface area (Å²) in [6.45, 7) is 4.51. The Kier molecular flexibility index (Phi) is 6.47. The predicted octanol–water partition coefficient (Wildman–Crippen LogP) is 2.29. The van der Waals surface area contributed by atoms with Gasteiger partial charge in [0.2, 0.25) is 0 Å². The maximum atomic E-state index is 14.6. The molecule has 3 aromatic heterocycles. The Labute approximate surface area is 224 Å². The Morgan fingerprint density at radius 2 is 2.00 bits per heavy atom. The molecule has 0 aliphatic carbocycles. The molecule has 0 amide bonds. The van der Waals surface area contributed by atoms with Crippen LogP contribution in [0.15, 0.2) is 50.8 Å². The quantitative estimate of drug-likeness (QED) is 0.387. The normalized spacial score (nSPS) is 16.1. The third-order valence-electron chi connectivity index (χ3n) is 7.53. The maximum Gasteiger partial charge on any atom is 0.330 e. The first-order chi connectivity index (χ1) is 18.9. The second-order valence-electron chi connectivity index (χ2n) is 9.74. The van der Waals surface area contributed by atoms with Crippen molar-refractivity contribution in [3.05, 3.63) is 64.2 Å². The summed E-state index contributed by atoms with van der Waals surface area (Å²) in [5.41, 5.74) is 9.61. The highest BCUT2D eigenvalue weighted by atomic mass is 19.1. The van der Waals surface area contributed by atoms with Crippen molar-refractivity contribution >= 4 is 34.2 Å². The number of piperazine rings is 1. The van der Waals surface area contributed by atoms with Gasteiger partial charge in [-0.1, -0.05) is 0 Å². The molecular weight excluding hydrogens is 503 g/mol. The van der Waals surface area contributed by atoms with Crippen LogP contribution in [0.25, 0.3) is 11.2 Å². The number of hydrogen-bond donors (Lipinski definition) is 2. The Morgan fingerprint density at radius 1 is 1.18 bits per heavy atom. The van der Waals surface area contributed by atoms with Crippen LogP contribution in [-0.2, 0) is 20.0 Å². The third-order valence-corrected chi connectivity index (χ3v) is 7.53. The van der Waals surface area contributed by atoms with Crippen LogP contribution in [0.3, 0.4) is 0 Å². The number of nitrogens with one attached hydrogen (secondary N) is 1. The standard InChI is InChI=1S/C27H31FN8O3/c1-33-23-22-18(7-8-30-25(31-22)21-4-3-15-39-21)24(29)32-26(23)36(27(33)37)14-11-34-9-12-35(13-10-34)20-6-5-17(38-2)16-19(20)28/h3-6,15-16H,7-14H2,1-2H3,(H2,29,32)(H,30,31). The first kappa shape index (κ1) is 25.0. The van der Waals surface area contributed by atoms with Gasteiger partial charge in [-0.05, 0) is 30.7 Å². The van der Waals surface area contributed by atoms with Crippen LogP contribution in [0.4, 0.5) is 21.6 Å². The maximum absolute atomic E-state index is 14.6. The predicted molar refractivity (Wildman–Crippen MR) is 148 cm³/mol. The molecule has 3 N–H and O–H groups in total. The number of ether oxygens (including phenoxy) is 1. The lowest BCUT2D eigenvalue weighted by Crippen LogP contribution is -2.47. The number of fused-ring (bicyclic) bond motifs is 3. The summed E-state index contributed by atoms with van der Waals surface area (Å²) in [7, 11) is 3.27. The van der Waals surface area contributed by atoms with Gasteiger partial charge in [-0.25, -0.2) is 14.2 Å². The minimum atomic E-state index is -0.290. The van der Waals surface area contributed by atoms with E-state index in [0.717, 1.165) is 24.3 Å². The van der Waals surface area contributed by atoms with Crippen LogP contribution in [-0.4, -0.2) is 71.2 Å². The van der Waals surface area contributed by atoms with Gasteiger partial charge in [-0.15, -0.1) is 0 Å². The van der Waals surface area contributed by atoms with Gasteiger partial charge < -0.3 is 25.1 Å². The van der Waals surface area contributed by atoms with Crippen molar-refractivity contribution < 1.29 is 13.5 Å². The van der Waals surface area contributed by atoms with Crippen molar-refractivity contribution in [2.24, 2.45) is 12.0 Å². The molecule has 12 heteroatoms. The Balaban J connectivity index is 1.21. The van der Waals surface area contributed by atoms with Crippen LogP contribution in [0, 0.1) is 5.82 Å². The van der Waals surface area contributed by atoms with Gasteiger partial charge in [0, 0.05) is 64.5 Å². The zero-order valence-electron chi connectivity index (χ0n) is 22.0. The molecule has 6 rings (SSSR count). The molecule has 0 unspecified atom stereocenters. The smallest absolute Gasteiger partial charge is 0.330 e. The van der Waals surface area contributed by atoms with Crippen molar-refractivity contribution in [3.8, 4) is 5.75 Å². The number of benzene rings is 1. The summed E-state index contributed by atoms with van der Waals surface area (Å²) in [5.74, 6) is 1.81. The van der Waals surface area contributed by atoms with E-state index < -0.39 is 0 Å². The van der Waals surface area contributed by atoms with Crippen molar-refractivity contribution in [1.82, 2.24) is 19.0 Å². The fourth-order valence-electron chi connectivity index (χ4n) is 5.39. The van der Waals surface area contributed by atoms with Gasteiger partial charge in [-0.3, -0.25) is 19.0 Å². The van der Waals surface area contributed by atoms with Gasteiger partial charge in [0.05, 0.1) is 24.7 Å². The lowest BCUT2D eigenvalue weighted by Gasteiger charge is -2.36. The highest BCUT2D eigenvalue weighted by Gasteiger charge is 2.26. The van der Waals surface area contributed by atoms with Gasteiger partial charge in [0.1, 0.15) is 22.9 Å². The average Bonchev–Trinajstić information content (AvgIpc) is 3.48. The van der Waals surface area contributed by atoms with E-state index >= 15 is 0 Å². The number of hydrogen-bond acceptors (Lipinski definition) is 9. The lowest BCUT2D eigenvalue weighted by atomic mass is 10.1. The number of aryl methyl sites for hydroxylation is 1. The van der Waals surface area contributed by atoms with E-state index in [1.165, 1.54) is 13.2 Å². The SMILES string of the molecule is COc1ccc(N2CCN(CCn3c(=O)n(C)c4c5c(c(N)nc43)CCN=C(c3ccco3)N5)CC2)c(F)c1. The number of aliphatic imine (C=N–C) groups is 1. The largest absolute Gasteiger partial charge is 0.497 e. The van der Waals surface area contributed by atoms with Gasteiger partial charge in [0.15, 0.2) is 17.2 Å². The average molecular weight is 535 g/mol. The number of imidazole rings is 1. The molecule has 1 fully saturated rings. The number of aromatic nitrogens is 3. The van der Waals surface area contributed by atoms with Crippen LogP contribution in [0.2, 0.25) is 0 Å². The minimum Gasteiger partial charge on any atom is -0.497 e. The molecule has 5 heterocycles. The highest BCUT2D eigenvalue weighted by Crippen LogP contribution is 2.32. The first-order valence-corrected chi connectivity index (χ1v) is 13.0. The number of nitrogens with zero attached hydrogens (tertiary/aromatic N) is 6. The number of pyridine rings is 1. The van der Waals surface area contributed by atoms with E-state index in [-0.39, 0.29) is 11.5 Å². The molecule has 0 spiro atoms. The molecule has 1 aromatic carbocycles. The summed E-state index contributed by atoms with van der Waals surface area (Å²) >= 11 is 0. The van der Waals surface area contributed by atoms with Crippen molar-refractivity contribution in [2.75, 3.05) is 62.3 Å². The summed E-state index contributed by atoms with van der Waals surface area (Å²) in [4.78, 5) is 27.0. The van der Waals surface area contributed by atoms with Gasteiger partial charge in [-0.2, -0.15) is 0 Å². The van der Waals surface area contributed by atoms with E-state index in [2.05, 4.69) is 20.2 Å². The van der Waals surface area contributed by atoms with Crippen LogP contribution in [0.1, 0.15) is 11.3 Å². The summed E-state index contributed by atoms with van der Waals surface area (Å²) in [6, 6.07) is 8.59. The lowest BCUT2D eigenvalue weighted by molar-refractivity contribution is 0.247. The zero-order chi connectivity index (χ0) is 27.1. The monoisotopic (exact) mass is 534 g/mol. The molecule has 39 heavy (non-hydrogen) atoms. The number of rotatable bonds is 6. The number of furan rings is 1. The number of methoxy groups -OCH3 is 1. The molecule has 2 aliphatic heterocycles. The Morgan fingerprint density at radius 3 is 2.72 bits per heavy atom. The molecule has 2 aliphatic rings. The molecule has 4 aromatic rings. The van der Waals surface area contributed by atoms with Crippen LogP contribution >= 0.6 is 0 Å². The highest BCUT2D eigenvalue weighted by molar-refractivity contribution is 6.11. The molecular formula is C27H31FN8O3. The van der Waals surface area contributed by atoms with E-state index in [0.29, 0.717) is 79.2 Å². The summed E-state index contributed by atoms with van der Waals surface area (Å²) in [6.07, 6.45) is 2.20. The molecule has 1 saturated heterocycles. The number of amidine groups is 1.